The van der Waals surface area contributed by atoms with Gasteiger partial charge in [-0.05, 0) is 24.3 Å². The van der Waals surface area contributed by atoms with Gasteiger partial charge in [-0.3, -0.25) is 4.79 Å². The molecule has 98 valence electrons. The number of hydrogen-bond acceptors (Lipinski definition) is 1. The molecule has 0 fully saturated rings. The van der Waals surface area contributed by atoms with Crippen molar-refractivity contribution >= 4 is 21.7 Å². The first-order valence-electron chi connectivity index (χ1n) is 5.04. The molecule has 6 heteroatoms. The van der Waals surface area contributed by atoms with Crippen LogP contribution in [0.4, 0.5) is 17.6 Å². The topological polar surface area (TPSA) is 17.1 Å². The molecular weight excluding hydrogens is 328 g/mol. The zero-order valence-electron chi connectivity index (χ0n) is 9.18. The van der Waals surface area contributed by atoms with Gasteiger partial charge in [-0.25, -0.2) is 17.6 Å². The van der Waals surface area contributed by atoms with Crippen LogP contribution in [0.1, 0.15) is 15.9 Å². The number of ketones is 1. The second-order valence-electron chi connectivity index (χ2n) is 3.70. The number of rotatable bonds is 2. The Bertz CT molecular complexity index is 670. The molecule has 2 aromatic rings. The van der Waals surface area contributed by atoms with Crippen molar-refractivity contribution in [3.63, 3.8) is 0 Å². The van der Waals surface area contributed by atoms with Crippen molar-refractivity contribution in [3.05, 3.63) is 69.2 Å². The normalized spacial score (nSPS) is 10.6. The molecule has 2 rings (SSSR count). The Labute approximate surface area is 114 Å². The third-order valence-corrected chi connectivity index (χ3v) is 2.92. The molecule has 0 radical (unpaired) electrons. The summed E-state index contributed by atoms with van der Waals surface area (Å²) in [5, 5.41) is 0. The lowest BCUT2D eigenvalue weighted by atomic mass is 10.0. The van der Waals surface area contributed by atoms with Gasteiger partial charge < -0.3 is 0 Å². The van der Waals surface area contributed by atoms with Crippen molar-refractivity contribution in [2.75, 3.05) is 0 Å². The largest absolute Gasteiger partial charge is 0.288 e. The summed E-state index contributed by atoms with van der Waals surface area (Å²) in [5.74, 6) is -5.97. The van der Waals surface area contributed by atoms with E-state index in [1.807, 2.05) is 0 Å². The third-order valence-electron chi connectivity index (χ3n) is 2.43. The smallest absolute Gasteiger partial charge is 0.199 e. The summed E-state index contributed by atoms with van der Waals surface area (Å²) in [6.45, 7) is 0. The first-order chi connectivity index (χ1) is 8.90. The minimum Gasteiger partial charge on any atom is -0.288 e. The Morgan fingerprint density at radius 3 is 2.05 bits per heavy atom. The van der Waals surface area contributed by atoms with Crippen LogP contribution in [0.2, 0.25) is 0 Å². The summed E-state index contributed by atoms with van der Waals surface area (Å²) >= 11 is 3.04. The van der Waals surface area contributed by atoms with Crippen LogP contribution < -0.4 is 0 Å². The van der Waals surface area contributed by atoms with Crippen LogP contribution >= 0.6 is 15.9 Å². The molecule has 0 aliphatic heterocycles. The number of carbonyl (C=O) groups excluding carboxylic acids is 1. The van der Waals surface area contributed by atoms with Crippen LogP contribution in [0.3, 0.4) is 0 Å². The fraction of sp³-hybridized carbons (Fsp3) is 0. The second-order valence-corrected chi connectivity index (χ2v) is 4.62. The molecule has 0 N–H and O–H groups in total. The Balaban J connectivity index is 2.56. The van der Waals surface area contributed by atoms with Gasteiger partial charge in [-0.2, -0.15) is 0 Å². The summed E-state index contributed by atoms with van der Waals surface area (Å²) < 4.78 is 53.1. The van der Waals surface area contributed by atoms with E-state index < -0.39 is 40.2 Å². The fourth-order valence-electron chi connectivity index (χ4n) is 1.51. The molecule has 0 saturated heterocycles. The fourth-order valence-corrected chi connectivity index (χ4v) is 1.87. The molecule has 0 saturated carbocycles. The lowest BCUT2D eigenvalue weighted by molar-refractivity contribution is 0.103. The van der Waals surface area contributed by atoms with Crippen molar-refractivity contribution in [2.24, 2.45) is 0 Å². The molecule has 0 aliphatic carbocycles. The molecule has 0 amide bonds. The van der Waals surface area contributed by atoms with E-state index in [2.05, 4.69) is 15.9 Å². The number of hydrogen-bond donors (Lipinski definition) is 0. The van der Waals surface area contributed by atoms with E-state index in [1.54, 1.807) is 0 Å². The van der Waals surface area contributed by atoms with Gasteiger partial charge in [0.05, 0.1) is 11.1 Å². The average Bonchev–Trinajstić information content (AvgIpc) is 2.36. The SMILES string of the molecule is O=C(c1cc(Br)ccc1F)c1cc(F)c(F)cc1F. The maximum atomic E-state index is 13.5. The van der Waals surface area contributed by atoms with Gasteiger partial charge in [-0.15, -0.1) is 0 Å². The van der Waals surface area contributed by atoms with E-state index in [0.717, 1.165) is 12.1 Å². The van der Waals surface area contributed by atoms with Crippen LogP contribution in [-0.2, 0) is 0 Å². The summed E-state index contributed by atoms with van der Waals surface area (Å²) in [5.41, 5.74) is -1.16. The molecule has 19 heavy (non-hydrogen) atoms. The van der Waals surface area contributed by atoms with Gasteiger partial charge in [0.25, 0.3) is 0 Å². The second kappa shape index (κ2) is 5.13. The van der Waals surface area contributed by atoms with Crippen LogP contribution in [0.5, 0.6) is 0 Å². The van der Waals surface area contributed by atoms with E-state index in [9.17, 15) is 22.4 Å². The highest BCUT2D eigenvalue weighted by molar-refractivity contribution is 9.10. The molecule has 0 atom stereocenters. The first-order valence-corrected chi connectivity index (χ1v) is 5.83. The van der Waals surface area contributed by atoms with E-state index in [0.29, 0.717) is 10.5 Å². The van der Waals surface area contributed by atoms with Gasteiger partial charge in [0, 0.05) is 10.5 Å². The highest BCUT2D eigenvalue weighted by Gasteiger charge is 2.20. The monoisotopic (exact) mass is 332 g/mol. The molecule has 0 aliphatic rings. The number of carbonyl (C=O) groups is 1. The highest BCUT2D eigenvalue weighted by Crippen LogP contribution is 2.22. The number of halogens is 5. The van der Waals surface area contributed by atoms with Crippen molar-refractivity contribution in [1.29, 1.82) is 0 Å². The molecular formula is C13H5BrF4O. The van der Waals surface area contributed by atoms with Crippen LogP contribution in [0, 0.1) is 23.3 Å². The van der Waals surface area contributed by atoms with Crippen LogP contribution in [0.15, 0.2) is 34.8 Å². The molecule has 0 unspecified atom stereocenters. The Kier molecular flexibility index (Phi) is 3.71. The molecule has 0 spiro atoms. The maximum Gasteiger partial charge on any atom is 0.199 e. The molecule has 0 bridgehead atoms. The van der Waals surface area contributed by atoms with Crippen molar-refractivity contribution in [3.8, 4) is 0 Å². The Morgan fingerprint density at radius 2 is 1.37 bits per heavy atom. The van der Waals surface area contributed by atoms with Crippen LogP contribution in [0.25, 0.3) is 0 Å². The zero-order valence-corrected chi connectivity index (χ0v) is 10.8. The predicted molar refractivity (Wildman–Crippen MR) is 63.8 cm³/mol. The quantitative estimate of drug-likeness (QED) is 0.457. The van der Waals surface area contributed by atoms with E-state index >= 15 is 0 Å². The highest BCUT2D eigenvalue weighted by atomic mass is 79.9. The third kappa shape index (κ3) is 2.68. The molecule has 0 aromatic heterocycles. The average molecular weight is 333 g/mol. The van der Waals surface area contributed by atoms with Crippen molar-refractivity contribution in [1.82, 2.24) is 0 Å². The van der Waals surface area contributed by atoms with Crippen LogP contribution in [-0.4, -0.2) is 5.78 Å². The first kappa shape index (κ1) is 13.7. The minimum atomic E-state index is -1.41. The maximum absolute atomic E-state index is 13.5. The van der Waals surface area contributed by atoms with Gasteiger partial charge in [0.1, 0.15) is 11.6 Å². The Hall–Kier alpha value is -1.69. The minimum absolute atomic E-state index is 0.248. The standard InChI is InChI=1S/C13H5BrF4O/c14-6-1-2-9(15)7(3-6)13(19)8-4-11(17)12(18)5-10(8)16/h1-5H. The van der Waals surface area contributed by atoms with Crippen molar-refractivity contribution < 1.29 is 22.4 Å². The van der Waals surface area contributed by atoms with E-state index in [1.165, 1.54) is 6.07 Å². The number of benzene rings is 2. The zero-order chi connectivity index (χ0) is 14.2. The Morgan fingerprint density at radius 1 is 0.789 bits per heavy atom. The van der Waals surface area contributed by atoms with E-state index in [4.69, 9.17) is 0 Å². The summed E-state index contributed by atoms with van der Waals surface area (Å²) in [4.78, 5) is 11.9. The predicted octanol–water partition coefficient (Wildman–Crippen LogP) is 4.24. The van der Waals surface area contributed by atoms with E-state index in [-0.39, 0.29) is 6.07 Å². The molecule has 1 nitrogen and oxygen atoms in total. The van der Waals surface area contributed by atoms with Gasteiger partial charge in [0.2, 0.25) is 0 Å². The summed E-state index contributed by atoms with van der Waals surface area (Å²) in [7, 11) is 0. The van der Waals surface area contributed by atoms with Gasteiger partial charge in [0.15, 0.2) is 17.4 Å². The lowest BCUT2D eigenvalue weighted by Gasteiger charge is -2.05. The summed E-state index contributed by atoms with van der Waals surface area (Å²) in [6, 6.07) is 4.16. The van der Waals surface area contributed by atoms with Gasteiger partial charge in [-0.1, -0.05) is 15.9 Å². The lowest BCUT2D eigenvalue weighted by Crippen LogP contribution is -2.08. The summed E-state index contributed by atoms with van der Waals surface area (Å²) in [6.07, 6.45) is 0. The molecule has 0 heterocycles. The molecule has 2 aromatic carbocycles. The van der Waals surface area contributed by atoms with Crippen molar-refractivity contribution in [2.45, 2.75) is 0 Å². The van der Waals surface area contributed by atoms with Gasteiger partial charge >= 0.3 is 0 Å².